The van der Waals surface area contributed by atoms with Crippen molar-refractivity contribution in [2.75, 3.05) is 32.5 Å². The quantitative estimate of drug-likeness (QED) is 0.561. The number of methoxy groups -OCH3 is 1. The molecule has 2 aromatic carbocycles. The number of fused-ring (bicyclic) bond motifs is 1. The van der Waals surface area contributed by atoms with Crippen LogP contribution in [0.1, 0.15) is 24.0 Å². The molecule has 26 heavy (non-hydrogen) atoms. The van der Waals surface area contributed by atoms with E-state index in [9.17, 15) is 0 Å². The molecule has 0 aliphatic carbocycles. The number of hydrogen-bond acceptors (Lipinski definition) is 5. The zero-order valence-corrected chi connectivity index (χ0v) is 15.6. The number of anilines is 1. The first-order valence-electron chi connectivity index (χ1n) is 9.19. The topological polar surface area (TPSA) is 65.7 Å². The van der Waals surface area contributed by atoms with Crippen LogP contribution in [-0.4, -0.2) is 32.9 Å². The molecule has 140 valence electrons. The molecule has 0 amide bonds. The normalized spacial score (nSPS) is 15.8. The second-order valence-corrected chi connectivity index (χ2v) is 6.68. The summed E-state index contributed by atoms with van der Waals surface area (Å²) in [5, 5.41) is 3.46. The maximum atomic E-state index is 6.09. The minimum atomic E-state index is 0.201. The van der Waals surface area contributed by atoms with E-state index < -0.39 is 0 Å². The molecule has 3 N–H and O–H groups in total. The van der Waals surface area contributed by atoms with Crippen molar-refractivity contribution in [1.29, 1.82) is 0 Å². The van der Waals surface area contributed by atoms with Gasteiger partial charge in [0, 0.05) is 24.4 Å². The van der Waals surface area contributed by atoms with Gasteiger partial charge in [-0.1, -0.05) is 12.1 Å². The highest BCUT2D eigenvalue weighted by atomic mass is 16.5. The summed E-state index contributed by atoms with van der Waals surface area (Å²) in [7, 11) is 1.68. The van der Waals surface area contributed by atoms with Gasteiger partial charge >= 0.3 is 0 Å². The molecule has 0 fully saturated rings. The van der Waals surface area contributed by atoms with Crippen molar-refractivity contribution >= 4 is 5.69 Å². The Hall–Kier alpha value is -2.40. The lowest BCUT2D eigenvalue weighted by atomic mass is 10.0. The average molecular weight is 356 g/mol. The van der Waals surface area contributed by atoms with E-state index in [0.29, 0.717) is 6.61 Å². The Morgan fingerprint density at radius 3 is 2.85 bits per heavy atom. The highest BCUT2D eigenvalue weighted by molar-refractivity contribution is 5.50. The predicted molar refractivity (Wildman–Crippen MR) is 104 cm³/mol. The number of aryl methyl sites for hydroxylation is 2. The van der Waals surface area contributed by atoms with Crippen molar-refractivity contribution in [3.8, 4) is 17.2 Å². The van der Waals surface area contributed by atoms with Crippen molar-refractivity contribution in [3.05, 3.63) is 47.5 Å². The fourth-order valence-corrected chi connectivity index (χ4v) is 3.04. The molecule has 5 nitrogen and oxygen atoms in total. The van der Waals surface area contributed by atoms with Crippen LogP contribution in [0.2, 0.25) is 0 Å². The molecular formula is C21H28N2O3. The zero-order valence-electron chi connectivity index (χ0n) is 15.6. The van der Waals surface area contributed by atoms with Gasteiger partial charge in [-0.25, -0.2) is 0 Å². The molecular weight excluding hydrogens is 328 g/mol. The highest BCUT2D eigenvalue weighted by Gasteiger charge is 2.19. The zero-order chi connectivity index (χ0) is 18.4. The Balaban J connectivity index is 1.34. The summed E-state index contributed by atoms with van der Waals surface area (Å²) < 4.78 is 17.1. The molecule has 1 atom stereocenters. The standard InChI is InChI=1S/C21H28N2O3/c1-15-4-7-18(12-20(15)22)25-11-3-10-23-14-19-9-6-16-5-8-17(24-2)13-21(16)26-19/h4-5,7-8,12-13,19,23H,3,6,9-11,14,22H2,1-2H3. The first kappa shape index (κ1) is 18.4. The van der Waals surface area contributed by atoms with Gasteiger partial charge in [-0.2, -0.15) is 0 Å². The number of benzene rings is 2. The summed E-state index contributed by atoms with van der Waals surface area (Å²) in [5.41, 5.74) is 9.00. The second-order valence-electron chi connectivity index (χ2n) is 6.68. The van der Waals surface area contributed by atoms with Gasteiger partial charge in [0.15, 0.2) is 0 Å². The van der Waals surface area contributed by atoms with Crippen LogP contribution in [0.4, 0.5) is 5.69 Å². The minimum absolute atomic E-state index is 0.201. The van der Waals surface area contributed by atoms with E-state index in [2.05, 4.69) is 11.4 Å². The maximum absolute atomic E-state index is 6.09. The Kier molecular flexibility index (Phi) is 6.23. The van der Waals surface area contributed by atoms with Crippen LogP contribution in [0.3, 0.4) is 0 Å². The molecule has 0 aromatic heterocycles. The van der Waals surface area contributed by atoms with Crippen molar-refractivity contribution in [1.82, 2.24) is 5.32 Å². The molecule has 0 saturated heterocycles. The molecule has 1 heterocycles. The third-order valence-electron chi connectivity index (χ3n) is 4.69. The van der Waals surface area contributed by atoms with Gasteiger partial charge < -0.3 is 25.3 Å². The van der Waals surface area contributed by atoms with E-state index in [-0.39, 0.29) is 6.10 Å². The van der Waals surface area contributed by atoms with Crippen molar-refractivity contribution < 1.29 is 14.2 Å². The summed E-state index contributed by atoms with van der Waals surface area (Å²) in [4.78, 5) is 0. The lowest BCUT2D eigenvalue weighted by Crippen LogP contribution is -2.35. The molecule has 2 aromatic rings. The van der Waals surface area contributed by atoms with Crippen LogP contribution in [-0.2, 0) is 6.42 Å². The second kappa shape index (κ2) is 8.81. The predicted octanol–water partition coefficient (Wildman–Crippen LogP) is 3.34. The number of hydrogen-bond donors (Lipinski definition) is 2. The summed E-state index contributed by atoms with van der Waals surface area (Å²) >= 11 is 0. The Labute approximate surface area is 155 Å². The van der Waals surface area contributed by atoms with Gasteiger partial charge in [0.2, 0.25) is 0 Å². The third kappa shape index (κ3) is 4.82. The third-order valence-corrected chi connectivity index (χ3v) is 4.69. The number of nitrogen functional groups attached to an aromatic ring is 1. The fraction of sp³-hybridized carbons (Fsp3) is 0.429. The molecule has 1 aliphatic rings. The van der Waals surface area contributed by atoms with Crippen LogP contribution >= 0.6 is 0 Å². The van der Waals surface area contributed by atoms with Gasteiger partial charge in [-0.15, -0.1) is 0 Å². The number of ether oxygens (including phenoxy) is 3. The minimum Gasteiger partial charge on any atom is -0.497 e. The molecule has 3 rings (SSSR count). The molecule has 1 unspecified atom stereocenters. The largest absolute Gasteiger partial charge is 0.497 e. The van der Waals surface area contributed by atoms with Gasteiger partial charge in [0.1, 0.15) is 23.4 Å². The van der Waals surface area contributed by atoms with E-state index in [1.54, 1.807) is 7.11 Å². The molecule has 0 saturated carbocycles. The number of nitrogens with two attached hydrogens (primary N) is 1. The summed E-state index contributed by atoms with van der Waals surface area (Å²) in [6.45, 7) is 4.40. The Morgan fingerprint density at radius 1 is 1.19 bits per heavy atom. The van der Waals surface area contributed by atoms with Crippen LogP contribution < -0.4 is 25.3 Å². The maximum Gasteiger partial charge on any atom is 0.126 e. The summed E-state index contributed by atoms with van der Waals surface area (Å²) in [5.74, 6) is 2.61. The van der Waals surface area contributed by atoms with Gasteiger partial charge in [-0.3, -0.25) is 0 Å². The van der Waals surface area contributed by atoms with Gasteiger partial charge in [0.25, 0.3) is 0 Å². The summed E-state index contributed by atoms with van der Waals surface area (Å²) in [6.07, 6.45) is 3.22. The van der Waals surface area contributed by atoms with Crippen LogP contribution in [0.25, 0.3) is 0 Å². The van der Waals surface area contributed by atoms with E-state index in [1.807, 2.05) is 37.3 Å². The Bertz CT molecular complexity index is 733. The molecule has 0 bridgehead atoms. The van der Waals surface area contributed by atoms with E-state index in [4.69, 9.17) is 19.9 Å². The van der Waals surface area contributed by atoms with Crippen LogP contribution in [0.5, 0.6) is 17.2 Å². The fourth-order valence-electron chi connectivity index (χ4n) is 3.04. The van der Waals surface area contributed by atoms with E-state index in [1.165, 1.54) is 5.56 Å². The molecule has 0 spiro atoms. The van der Waals surface area contributed by atoms with Crippen LogP contribution in [0.15, 0.2) is 36.4 Å². The van der Waals surface area contributed by atoms with E-state index in [0.717, 1.165) is 60.9 Å². The van der Waals surface area contributed by atoms with Gasteiger partial charge in [-0.05, 0) is 56.0 Å². The molecule has 1 aliphatic heterocycles. The van der Waals surface area contributed by atoms with Crippen molar-refractivity contribution in [3.63, 3.8) is 0 Å². The van der Waals surface area contributed by atoms with Gasteiger partial charge in [0.05, 0.1) is 13.7 Å². The Morgan fingerprint density at radius 2 is 2.04 bits per heavy atom. The van der Waals surface area contributed by atoms with Crippen LogP contribution in [0, 0.1) is 6.92 Å². The number of nitrogens with one attached hydrogen (secondary N) is 1. The van der Waals surface area contributed by atoms with Crippen molar-refractivity contribution in [2.45, 2.75) is 32.3 Å². The monoisotopic (exact) mass is 356 g/mol. The molecule has 0 radical (unpaired) electrons. The SMILES string of the molecule is COc1ccc2c(c1)OC(CNCCCOc1ccc(C)c(N)c1)CC2. The smallest absolute Gasteiger partial charge is 0.126 e. The number of rotatable bonds is 8. The first-order valence-corrected chi connectivity index (χ1v) is 9.19. The van der Waals surface area contributed by atoms with E-state index >= 15 is 0 Å². The molecule has 5 heteroatoms. The average Bonchev–Trinajstić information content (AvgIpc) is 2.66. The highest BCUT2D eigenvalue weighted by Crippen LogP contribution is 2.31. The lowest BCUT2D eigenvalue weighted by molar-refractivity contribution is 0.169. The van der Waals surface area contributed by atoms with Crippen molar-refractivity contribution in [2.24, 2.45) is 0 Å². The first-order chi connectivity index (χ1) is 12.7. The summed E-state index contributed by atoms with van der Waals surface area (Å²) in [6, 6.07) is 11.9. The lowest BCUT2D eigenvalue weighted by Gasteiger charge is -2.26.